The third-order valence-corrected chi connectivity index (χ3v) is 1.87. The second-order valence-corrected chi connectivity index (χ2v) is 3.00. The van der Waals surface area contributed by atoms with Gasteiger partial charge in [0, 0.05) is 7.05 Å². The van der Waals surface area contributed by atoms with Crippen LogP contribution in [0.25, 0.3) is 0 Å². The van der Waals surface area contributed by atoms with Gasteiger partial charge in [-0.15, -0.1) is 0 Å². The molecule has 0 fully saturated rings. The predicted molar refractivity (Wildman–Crippen MR) is 56.1 cm³/mol. The number of nitrogens with zero attached hydrogens (tertiary/aromatic N) is 2. The first kappa shape index (κ1) is 11.0. The van der Waals surface area contributed by atoms with E-state index in [2.05, 4.69) is 15.6 Å². The third kappa shape index (κ3) is 2.95. The molecule has 0 saturated carbocycles. The molecule has 0 aliphatic heterocycles. The van der Waals surface area contributed by atoms with Gasteiger partial charge in [0.15, 0.2) is 0 Å². The van der Waals surface area contributed by atoms with E-state index in [1.54, 1.807) is 32.2 Å². The van der Waals surface area contributed by atoms with Crippen molar-refractivity contribution in [2.24, 2.45) is 0 Å². The summed E-state index contributed by atoms with van der Waals surface area (Å²) in [6.07, 6.45) is 0. The van der Waals surface area contributed by atoms with Gasteiger partial charge in [-0.25, -0.2) is 4.98 Å². The number of carbonyl (C=O) groups is 1. The molecule has 5 heteroatoms. The van der Waals surface area contributed by atoms with E-state index in [-0.39, 0.29) is 11.9 Å². The van der Waals surface area contributed by atoms with Crippen molar-refractivity contribution >= 4 is 11.7 Å². The smallest absolute Gasteiger partial charge is 0.241 e. The van der Waals surface area contributed by atoms with E-state index in [0.717, 1.165) is 0 Å². The first-order valence-electron chi connectivity index (χ1n) is 4.52. The van der Waals surface area contributed by atoms with Gasteiger partial charge in [-0.3, -0.25) is 4.79 Å². The molecule has 0 spiro atoms. The highest BCUT2D eigenvalue weighted by Crippen LogP contribution is 2.05. The first-order chi connectivity index (χ1) is 7.17. The van der Waals surface area contributed by atoms with E-state index in [4.69, 9.17) is 5.26 Å². The number of nitriles is 1. The van der Waals surface area contributed by atoms with Gasteiger partial charge in [0.1, 0.15) is 23.6 Å². The number of rotatable bonds is 3. The maximum absolute atomic E-state index is 11.2. The minimum absolute atomic E-state index is 0.126. The van der Waals surface area contributed by atoms with Gasteiger partial charge >= 0.3 is 0 Å². The van der Waals surface area contributed by atoms with Crippen LogP contribution in [0.3, 0.4) is 0 Å². The fraction of sp³-hybridized carbons (Fsp3) is 0.300. The van der Waals surface area contributed by atoms with Crippen LogP contribution in [0.2, 0.25) is 0 Å². The Morgan fingerprint density at radius 1 is 1.60 bits per heavy atom. The zero-order valence-corrected chi connectivity index (χ0v) is 8.61. The Bertz CT molecular complexity index is 397. The average Bonchev–Trinajstić information content (AvgIpc) is 2.28. The quantitative estimate of drug-likeness (QED) is 0.751. The SMILES string of the molecule is CNC(=O)C(C)Nc1cccc(C#N)n1. The Hall–Kier alpha value is -2.09. The normalized spacial score (nSPS) is 11.3. The van der Waals surface area contributed by atoms with E-state index >= 15 is 0 Å². The molecule has 15 heavy (non-hydrogen) atoms. The second kappa shape index (κ2) is 4.96. The molecule has 1 aromatic heterocycles. The van der Waals surface area contributed by atoms with E-state index in [1.807, 2.05) is 6.07 Å². The van der Waals surface area contributed by atoms with Crippen LogP contribution in [0.5, 0.6) is 0 Å². The largest absolute Gasteiger partial charge is 0.359 e. The van der Waals surface area contributed by atoms with Crippen LogP contribution in [0.1, 0.15) is 12.6 Å². The van der Waals surface area contributed by atoms with Gasteiger partial charge in [-0.2, -0.15) is 5.26 Å². The molecule has 0 aliphatic rings. The first-order valence-corrected chi connectivity index (χ1v) is 4.52. The van der Waals surface area contributed by atoms with E-state index in [9.17, 15) is 4.79 Å². The molecule has 0 aromatic carbocycles. The summed E-state index contributed by atoms with van der Waals surface area (Å²) in [5, 5.41) is 14.0. The van der Waals surface area contributed by atoms with E-state index in [1.165, 1.54) is 0 Å². The maximum Gasteiger partial charge on any atom is 0.241 e. The van der Waals surface area contributed by atoms with Crippen molar-refractivity contribution in [3.8, 4) is 6.07 Å². The van der Waals surface area contributed by atoms with Crippen LogP contribution in [-0.2, 0) is 4.79 Å². The highest BCUT2D eigenvalue weighted by atomic mass is 16.2. The Morgan fingerprint density at radius 3 is 2.93 bits per heavy atom. The molecule has 78 valence electrons. The topological polar surface area (TPSA) is 77.8 Å². The lowest BCUT2D eigenvalue weighted by molar-refractivity contribution is -0.121. The minimum atomic E-state index is -0.378. The fourth-order valence-electron chi connectivity index (χ4n) is 1.08. The second-order valence-electron chi connectivity index (χ2n) is 3.00. The van der Waals surface area contributed by atoms with Crippen LogP contribution < -0.4 is 10.6 Å². The van der Waals surface area contributed by atoms with Crippen molar-refractivity contribution in [2.75, 3.05) is 12.4 Å². The molecule has 1 atom stereocenters. The molecule has 0 bridgehead atoms. The summed E-state index contributed by atoms with van der Waals surface area (Å²) >= 11 is 0. The average molecular weight is 204 g/mol. The summed E-state index contributed by atoms with van der Waals surface area (Å²) in [7, 11) is 1.57. The van der Waals surface area contributed by atoms with Gasteiger partial charge in [-0.05, 0) is 19.1 Å². The molecule has 1 unspecified atom stereocenters. The molecule has 1 amide bonds. The number of aromatic nitrogens is 1. The van der Waals surface area contributed by atoms with Crippen molar-refractivity contribution in [1.82, 2.24) is 10.3 Å². The Balaban J connectivity index is 2.73. The maximum atomic E-state index is 11.2. The number of likely N-dealkylation sites (N-methyl/N-ethyl adjacent to an activating group) is 1. The number of pyridine rings is 1. The molecule has 1 rings (SSSR count). The van der Waals surface area contributed by atoms with E-state index < -0.39 is 0 Å². The summed E-state index contributed by atoms with van der Waals surface area (Å²) in [5.41, 5.74) is 0.323. The van der Waals surface area contributed by atoms with Gasteiger partial charge in [0.25, 0.3) is 0 Å². The highest BCUT2D eigenvalue weighted by molar-refractivity contribution is 5.83. The van der Waals surface area contributed by atoms with Crippen molar-refractivity contribution in [3.63, 3.8) is 0 Å². The van der Waals surface area contributed by atoms with Gasteiger partial charge in [0.2, 0.25) is 5.91 Å². The number of nitrogens with one attached hydrogen (secondary N) is 2. The Labute approximate surface area is 88.1 Å². The van der Waals surface area contributed by atoms with Crippen LogP contribution in [0.15, 0.2) is 18.2 Å². The third-order valence-electron chi connectivity index (χ3n) is 1.87. The van der Waals surface area contributed by atoms with Crippen molar-refractivity contribution < 1.29 is 4.79 Å². The molecule has 5 nitrogen and oxygen atoms in total. The molecule has 0 saturated heterocycles. The monoisotopic (exact) mass is 204 g/mol. The number of anilines is 1. The van der Waals surface area contributed by atoms with Crippen LogP contribution in [0, 0.1) is 11.3 Å². The fourth-order valence-corrected chi connectivity index (χ4v) is 1.08. The lowest BCUT2D eigenvalue weighted by Gasteiger charge is -2.12. The number of hydrogen-bond donors (Lipinski definition) is 2. The molecule has 0 aliphatic carbocycles. The lowest BCUT2D eigenvalue weighted by Crippen LogP contribution is -2.35. The van der Waals surface area contributed by atoms with Gasteiger partial charge in [-0.1, -0.05) is 6.07 Å². The molecule has 1 aromatic rings. The number of carbonyl (C=O) groups excluding carboxylic acids is 1. The molecular weight excluding hydrogens is 192 g/mol. The Morgan fingerprint density at radius 2 is 2.33 bits per heavy atom. The summed E-state index contributed by atoms with van der Waals surface area (Å²) in [4.78, 5) is 15.2. The van der Waals surface area contributed by atoms with Crippen LogP contribution in [-0.4, -0.2) is 24.0 Å². The van der Waals surface area contributed by atoms with Crippen molar-refractivity contribution in [1.29, 1.82) is 5.26 Å². The molecular formula is C10H12N4O. The zero-order chi connectivity index (χ0) is 11.3. The zero-order valence-electron chi connectivity index (χ0n) is 8.61. The standard InChI is InChI=1S/C10H12N4O/c1-7(10(15)12-2)13-9-5-3-4-8(6-11)14-9/h3-5,7H,1-2H3,(H,12,15)(H,13,14). The van der Waals surface area contributed by atoms with Crippen molar-refractivity contribution in [2.45, 2.75) is 13.0 Å². The molecule has 0 radical (unpaired) electrons. The number of amides is 1. The predicted octanol–water partition coefficient (Wildman–Crippen LogP) is 0.500. The minimum Gasteiger partial charge on any atom is -0.359 e. The van der Waals surface area contributed by atoms with Crippen LogP contribution >= 0.6 is 0 Å². The molecule has 2 N–H and O–H groups in total. The van der Waals surface area contributed by atoms with Gasteiger partial charge in [0.05, 0.1) is 0 Å². The van der Waals surface area contributed by atoms with Gasteiger partial charge < -0.3 is 10.6 Å². The Kier molecular flexibility index (Phi) is 3.63. The summed E-state index contributed by atoms with van der Waals surface area (Å²) < 4.78 is 0. The summed E-state index contributed by atoms with van der Waals surface area (Å²) in [6, 6.07) is 6.58. The van der Waals surface area contributed by atoms with Crippen molar-refractivity contribution in [3.05, 3.63) is 23.9 Å². The van der Waals surface area contributed by atoms with Crippen LogP contribution in [0.4, 0.5) is 5.82 Å². The lowest BCUT2D eigenvalue weighted by atomic mass is 10.3. The summed E-state index contributed by atoms with van der Waals surface area (Å²) in [5.74, 6) is 0.393. The number of hydrogen-bond acceptors (Lipinski definition) is 4. The summed E-state index contributed by atoms with van der Waals surface area (Å²) in [6.45, 7) is 1.72. The highest BCUT2D eigenvalue weighted by Gasteiger charge is 2.10. The van der Waals surface area contributed by atoms with E-state index in [0.29, 0.717) is 11.5 Å². The molecule has 1 heterocycles.